The van der Waals surface area contributed by atoms with Gasteiger partial charge in [-0.1, -0.05) is 18.2 Å². The number of nitriles is 1. The van der Waals surface area contributed by atoms with E-state index in [1.54, 1.807) is 42.5 Å². The summed E-state index contributed by atoms with van der Waals surface area (Å²) in [6, 6.07) is 14.9. The van der Waals surface area contributed by atoms with Crippen LogP contribution in [0, 0.1) is 11.3 Å². The van der Waals surface area contributed by atoms with Crippen molar-refractivity contribution in [2.75, 3.05) is 11.9 Å². The molecule has 0 spiro atoms. The molecule has 0 bridgehead atoms. The maximum atomic E-state index is 12.3. The van der Waals surface area contributed by atoms with Gasteiger partial charge in [0.25, 0.3) is 17.7 Å². The predicted octanol–water partition coefficient (Wildman–Crippen LogP) is 2.50. The molecule has 0 saturated carbocycles. The Hall–Kier alpha value is -3.99. The van der Waals surface area contributed by atoms with Crippen LogP contribution in [0.5, 0.6) is 0 Å². The molecule has 1 heterocycles. The minimum absolute atomic E-state index is 0.0467. The summed E-state index contributed by atoms with van der Waals surface area (Å²) in [6.45, 7) is 1.52. The van der Waals surface area contributed by atoms with Gasteiger partial charge < -0.3 is 10.1 Å². The summed E-state index contributed by atoms with van der Waals surface area (Å²) in [7, 11) is 0. The van der Waals surface area contributed by atoms with Crippen molar-refractivity contribution in [3.63, 3.8) is 0 Å². The maximum absolute atomic E-state index is 12.3. The molecule has 2 aromatic carbocycles. The number of nitrogens with zero attached hydrogens (tertiary/aromatic N) is 2. The van der Waals surface area contributed by atoms with Crippen LogP contribution in [0.25, 0.3) is 0 Å². The second kappa shape index (κ2) is 9.01. The Morgan fingerprint density at radius 2 is 1.77 bits per heavy atom. The molecule has 2 aromatic rings. The van der Waals surface area contributed by atoms with E-state index in [1.807, 2.05) is 6.07 Å². The van der Waals surface area contributed by atoms with Gasteiger partial charge >= 0.3 is 5.97 Å². The molecule has 1 atom stereocenters. The lowest BCUT2D eigenvalue weighted by molar-refractivity contribution is -0.153. The van der Waals surface area contributed by atoms with Crippen molar-refractivity contribution in [1.82, 2.24) is 4.90 Å². The van der Waals surface area contributed by atoms with Crippen LogP contribution in [0.3, 0.4) is 0 Å². The van der Waals surface area contributed by atoms with Crippen LogP contribution in [0.1, 0.15) is 46.0 Å². The molecule has 0 radical (unpaired) electrons. The number of ether oxygens (including phenoxy) is 1. The summed E-state index contributed by atoms with van der Waals surface area (Å²) in [5, 5.41) is 11.5. The molecule has 3 amide bonds. The third-order valence-electron chi connectivity index (χ3n) is 4.58. The van der Waals surface area contributed by atoms with Gasteiger partial charge in [0.1, 0.15) is 0 Å². The van der Waals surface area contributed by atoms with Crippen LogP contribution >= 0.6 is 0 Å². The minimum Gasteiger partial charge on any atom is -0.453 e. The van der Waals surface area contributed by atoms with Crippen molar-refractivity contribution in [2.45, 2.75) is 25.9 Å². The Bertz CT molecular complexity index is 1020. The van der Waals surface area contributed by atoms with Gasteiger partial charge in [-0.3, -0.25) is 24.1 Å². The predicted molar refractivity (Wildman–Crippen MR) is 106 cm³/mol. The molecular weight excluding hydrogens is 386 g/mol. The number of nitrogens with one attached hydrogen (secondary N) is 1. The molecule has 3 rings (SSSR count). The number of rotatable bonds is 7. The Kier molecular flexibility index (Phi) is 6.23. The molecule has 1 aliphatic heterocycles. The van der Waals surface area contributed by atoms with E-state index in [9.17, 15) is 19.2 Å². The molecule has 30 heavy (non-hydrogen) atoms. The van der Waals surface area contributed by atoms with Crippen LogP contribution in [0.2, 0.25) is 0 Å². The van der Waals surface area contributed by atoms with Gasteiger partial charge in [0, 0.05) is 18.7 Å². The van der Waals surface area contributed by atoms with Gasteiger partial charge in [0.2, 0.25) is 0 Å². The number of fused-ring (bicyclic) bond motifs is 1. The highest BCUT2D eigenvalue weighted by Gasteiger charge is 2.34. The SMILES string of the molecule is CC(OC(=O)CCCN1C(=O)c2ccccc2C1=O)C(=O)Nc1cccc(C#N)c1. The Labute approximate surface area is 173 Å². The number of carbonyl (C=O) groups excluding carboxylic acids is 4. The zero-order valence-corrected chi connectivity index (χ0v) is 16.3. The highest BCUT2D eigenvalue weighted by atomic mass is 16.5. The van der Waals surface area contributed by atoms with Crippen LogP contribution < -0.4 is 5.32 Å². The summed E-state index contributed by atoms with van der Waals surface area (Å²) >= 11 is 0. The molecule has 0 saturated heterocycles. The van der Waals surface area contributed by atoms with Gasteiger partial charge in [-0.25, -0.2) is 0 Å². The average Bonchev–Trinajstić information content (AvgIpc) is 2.99. The van der Waals surface area contributed by atoms with Crippen molar-refractivity contribution in [3.05, 3.63) is 65.2 Å². The molecule has 1 aliphatic rings. The lowest BCUT2D eigenvalue weighted by Gasteiger charge is -2.15. The number of anilines is 1. The smallest absolute Gasteiger partial charge is 0.306 e. The zero-order valence-electron chi connectivity index (χ0n) is 16.3. The van der Waals surface area contributed by atoms with Gasteiger partial charge in [-0.15, -0.1) is 0 Å². The van der Waals surface area contributed by atoms with E-state index in [4.69, 9.17) is 10.00 Å². The summed E-state index contributed by atoms with van der Waals surface area (Å²) in [5.74, 6) is -1.90. The number of imide groups is 1. The Balaban J connectivity index is 1.45. The molecule has 152 valence electrons. The second-order valence-corrected chi connectivity index (χ2v) is 6.73. The van der Waals surface area contributed by atoms with E-state index < -0.39 is 18.0 Å². The van der Waals surface area contributed by atoms with E-state index in [1.165, 1.54) is 13.0 Å². The van der Waals surface area contributed by atoms with Crippen LogP contribution in [0.15, 0.2) is 48.5 Å². The quantitative estimate of drug-likeness (QED) is 0.559. The van der Waals surface area contributed by atoms with Gasteiger partial charge in [0.05, 0.1) is 22.8 Å². The number of carbonyl (C=O) groups is 4. The zero-order chi connectivity index (χ0) is 21.7. The molecule has 0 aromatic heterocycles. The lowest BCUT2D eigenvalue weighted by Crippen LogP contribution is -2.32. The number of amides is 3. The van der Waals surface area contributed by atoms with Crippen molar-refractivity contribution >= 4 is 29.4 Å². The third kappa shape index (κ3) is 4.52. The fraction of sp³-hybridized carbons (Fsp3) is 0.227. The normalized spacial score (nSPS) is 13.4. The molecule has 1 N–H and O–H groups in total. The number of hydrogen-bond acceptors (Lipinski definition) is 6. The standard InChI is InChI=1S/C22H19N3O5/c1-14(20(27)24-16-7-4-6-15(12-16)13-23)30-19(26)10-5-11-25-21(28)17-8-2-3-9-18(17)22(25)29/h2-4,6-9,12,14H,5,10-11H2,1H3,(H,24,27). The fourth-order valence-electron chi connectivity index (χ4n) is 3.04. The van der Waals surface area contributed by atoms with Crippen LogP contribution in [-0.4, -0.2) is 41.2 Å². The van der Waals surface area contributed by atoms with E-state index >= 15 is 0 Å². The molecule has 0 fully saturated rings. The van der Waals surface area contributed by atoms with Gasteiger partial charge in [0.15, 0.2) is 6.10 Å². The van der Waals surface area contributed by atoms with Crippen molar-refractivity contribution in [1.29, 1.82) is 5.26 Å². The first-order valence-electron chi connectivity index (χ1n) is 9.36. The molecule has 8 nitrogen and oxygen atoms in total. The molecule has 0 aliphatic carbocycles. The Morgan fingerprint density at radius 3 is 2.40 bits per heavy atom. The summed E-state index contributed by atoms with van der Waals surface area (Å²) < 4.78 is 5.12. The van der Waals surface area contributed by atoms with E-state index in [-0.39, 0.29) is 31.2 Å². The minimum atomic E-state index is -1.04. The summed E-state index contributed by atoms with van der Waals surface area (Å²) in [4.78, 5) is 49.9. The van der Waals surface area contributed by atoms with Gasteiger partial charge in [-0.05, 0) is 43.7 Å². The van der Waals surface area contributed by atoms with E-state index in [0.29, 0.717) is 22.4 Å². The molecular formula is C22H19N3O5. The van der Waals surface area contributed by atoms with Crippen LogP contribution in [-0.2, 0) is 14.3 Å². The lowest BCUT2D eigenvalue weighted by atomic mass is 10.1. The summed E-state index contributed by atoms with van der Waals surface area (Å²) in [5.41, 5.74) is 1.53. The molecule has 8 heteroatoms. The van der Waals surface area contributed by atoms with Crippen molar-refractivity contribution < 1.29 is 23.9 Å². The summed E-state index contributed by atoms with van der Waals surface area (Å²) in [6.07, 6.45) is -0.861. The largest absolute Gasteiger partial charge is 0.453 e. The molecule has 1 unspecified atom stereocenters. The average molecular weight is 405 g/mol. The van der Waals surface area contributed by atoms with Crippen LogP contribution in [0.4, 0.5) is 5.69 Å². The fourth-order valence-corrected chi connectivity index (χ4v) is 3.04. The number of hydrogen-bond donors (Lipinski definition) is 1. The highest BCUT2D eigenvalue weighted by Crippen LogP contribution is 2.22. The maximum Gasteiger partial charge on any atom is 0.306 e. The number of esters is 1. The van der Waals surface area contributed by atoms with Crippen molar-refractivity contribution in [2.24, 2.45) is 0 Å². The first-order valence-corrected chi connectivity index (χ1v) is 9.36. The van der Waals surface area contributed by atoms with Gasteiger partial charge in [-0.2, -0.15) is 5.26 Å². The first kappa shape index (κ1) is 20.7. The van der Waals surface area contributed by atoms with Crippen molar-refractivity contribution in [3.8, 4) is 6.07 Å². The van der Waals surface area contributed by atoms with E-state index in [2.05, 4.69) is 5.32 Å². The highest BCUT2D eigenvalue weighted by molar-refractivity contribution is 6.21. The monoisotopic (exact) mass is 405 g/mol. The topological polar surface area (TPSA) is 117 Å². The third-order valence-corrected chi connectivity index (χ3v) is 4.58. The number of benzene rings is 2. The van der Waals surface area contributed by atoms with E-state index in [0.717, 1.165) is 4.90 Å². The second-order valence-electron chi connectivity index (χ2n) is 6.73. The Morgan fingerprint density at radius 1 is 1.10 bits per heavy atom. The first-order chi connectivity index (χ1) is 14.4.